The first-order chi connectivity index (χ1) is 13.8. The number of para-hydroxylation sites is 1. The highest BCUT2D eigenvalue weighted by atomic mass is 32.2. The van der Waals surface area contributed by atoms with Gasteiger partial charge < -0.3 is 15.0 Å². The van der Waals surface area contributed by atoms with E-state index in [0.29, 0.717) is 15.4 Å². The summed E-state index contributed by atoms with van der Waals surface area (Å²) in [6.07, 6.45) is 0. The minimum atomic E-state index is -0.592. The molecule has 29 heavy (non-hydrogen) atoms. The van der Waals surface area contributed by atoms with Gasteiger partial charge in [0.2, 0.25) is 5.91 Å². The lowest BCUT2D eigenvalue weighted by molar-refractivity contribution is -0.113. The van der Waals surface area contributed by atoms with Gasteiger partial charge in [0.25, 0.3) is 5.91 Å². The summed E-state index contributed by atoms with van der Waals surface area (Å²) in [4.78, 5) is 43.4. The lowest BCUT2D eigenvalue weighted by Crippen LogP contribution is -2.21. The fraction of sp³-hybridized carbons (Fsp3) is 0.263. The third-order valence-electron chi connectivity index (χ3n) is 3.99. The van der Waals surface area contributed by atoms with Gasteiger partial charge in [0.1, 0.15) is 5.00 Å². The maximum atomic E-state index is 12.5. The molecule has 0 atom stereocenters. The van der Waals surface area contributed by atoms with E-state index in [1.54, 1.807) is 21.0 Å². The summed E-state index contributed by atoms with van der Waals surface area (Å²) in [5, 5.41) is 3.06. The molecule has 3 aromatic rings. The SMILES string of the molecule is COC(=O)c1c(NC(=O)CSc2nc3ccccc3s2)sc(C(=O)N(C)C)c1C. The average molecular weight is 450 g/mol. The molecule has 3 rings (SSSR count). The number of esters is 1. The van der Waals surface area contributed by atoms with Gasteiger partial charge in [-0.05, 0) is 24.6 Å². The molecule has 0 bridgehead atoms. The van der Waals surface area contributed by atoms with Crippen LogP contribution in [0.3, 0.4) is 0 Å². The number of nitrogens with zero attached hydrogens (tertiary/aromatic N) is 2. The van der Waals surface area contributed by atoms with Crippen molar-refractivity contribution in [2.75, 3.05) is 32.3 Å². The lowest BCUT2D eigenvalue weighted by Gasteiger charge is -2.08. The first kappa shape index (κ1) is 21.3. The minimum absolute atomic E-state index is 0.133. The lowest BCUT2D eigenvalue weighted by atomic mass is 10.1. The molecule has 152 valence electrons. The number of rotatable bonds is 6. The van der Waals surface area contributed by atoms with Gasteiger partial charge in [0, 0.05) is 14.1 Å². The summed E-state index contributed by atoms with van der Waals surface area (Å²) in [6, 6.07) is 7.78. The van der Waals surface area contributed by atoms with Crippen molar-refractivity contribution in [2.45, 2.75) is 11.3 Å². The smallest absolute Gasteiger partial charge is 0.341 e. The molecule has 2 aromatic heterocycles. The number of fused-ring (bicyclic) bond motifs is 1. The number of thiazole rings is 1. The van der Waals surface area contributed by atoms with Crippen LogP contribution in [-0.2, 0) is 9.53 Å². The molecule has 10 heteroatoms. The van der Waals surface area contributed by atoms with Crippen LogP contribution in [0.4, 0.5) is 5.00 Å². The molecular formula is C19H19N3O4S3. The van der Waals surface area contributed by atoms with Crippen molar-refractivity contribution in [2.24, 2.45) is 0 Å². The summed E-state index contributed by atoms with van der Waals surface area (Å²) in [5.74, 6) is -0.980. The van der Waals surface area contributed by atoms with E-state index in [0.717, 1.165) is 25.9 Å². The zero-order chi connectivity index (χ0) is 21.1. The Bertz CT molecular complexity index is 1050. The van der Waals surface area contributed by atoms with Gasteiger partial charge in [0.15, 0.2) is 4.34 Å². The average Bonchev–Trinajstić information content (AvgIpc) is 3.25. The van der Waals surface area contributed by atoms with Crippen molar-refractivity contribution < 1.29 is 19.1 Å². The molecule has 2 amide bonds. The Balaban J connectivity index is 1.77. The normalized spacial score (nSPS) is 10.8. The monoisotopic (exact) mass is 449 g/mol. The van der Waals surface area contributed by atoms with Crippen molar-refractivity contribution in [3.63, 3.8) is 0 Å². The van der Waals surface area contributed by atoms with Crippen LogP contribution in [0, 0.1) is 6.92 Å². The van der Waals surface area contributed by atoms with E-state index in [4.69, 9.17) is 4.74 Å². The second-order valence-electron chi connectivity index (χ2n) is 6.24. The zero-order valence-electron chi connectivity index (χ0n) is 16.3. The topological polar surface area (TPSA) is 88.6 Å². The van der Waals surface area contributed by atoms with Crippen molar-refractivity contribution in [3.05, 3.63) is 40.3 Å². The summed E-state index contributed by atoms with van der Waals surface area (Å²) >= 11 is 3.92. The van der Waals surface area contributed by atoms with E-state index in [2.05, 4.69) is 10.3 Å². The Hall–Kier alpha value is -2.43. The highest BCUT2D eigenvalue weighted by molar-refractivity contribution is 8.01. The largest absolute Gasteiger partial charge is 0.465 e. The molecule has 0 aliphatic carbocycles. The second-order valence-corrected chi connectivity index (χ2v) is 9.51. The van der Waals surface area contributed by atoms with Crippen molar-refractivity contribution in [1.29, 1.82) is 0 Å². The van der Waals surface area contributed by atoms with Gasteiger partial charge in [-0.25, -0.2) is 9.78 Å². The number of thiophene rings is 1. The number of amides is 2. The molecular weight excluding hydrogens is 430 g/mol. The minimum Gasteiger partial charge on any atom is -0.465 e. The number of benzene rings is 1. The van der Waals surface area contributed by atoms with E-state index in [1.807, 2.05) is 24.3 Å². The Morgan fingerprint density at radius 3 is 2.59 bits per heavy atom. The maximum absolute atomic E-state index is 12.5. The van der Waals surface area contributed by atoms with Crippen molar-refractivity contribution in [1.82, 2.24) is 9.88 Å². The fourth-order valence-electron chi connectivity index (χ4n) is 2.56. The molecule has 1 N–H and O–H groups in total. The molecule has 0 saturated carbocycles. The van der Waals surface area contributed by atoms with Gasteiger partial charge in [-0.2, -0.15) is 0 Å². The summed E-state index contributed by atoms with van der Waals surface area (Å²) in [7, 11) is 4.53. The van der Waals surface area contributed by atoms with Crippen LogP contribution in [0.25, 0.3) is 10.2 Å². The predicted molar refractivity (Wildman–Crippen MR) is 117 cm³/mol. The van der Waals surface area contributed by atoms with Crippen molar-refractivity contribution >= 4 is 67.4 Å². The number of nitrogens with one attached hydrogen (secondary N) is 1. The standard InChI is InChI=1S/C19H19N3O4S3/c1-10-14(18(25)26-4)16(29-15(10)17(24)22(2)3)21-13(23)9-27-19-20-11-7-5-6-8-12(11)28-19/h5-8H,9H2,1-4H3,(H,21,23). The number of ether oxygens (including phenoxy) is 1. The zero-order valence-corrected chi connectivity index (χ0v) is 18.7. The number of hydrogen-bond acceptors (Lipinski definition) is 8. The van der Waals surface area contributed by atoms with Gasteiger partial charge in [-0.15, -0.1) is 22.7 Å². The first-order valence-electron chi connectivity index (χ1n) is 8.53. The second kappa shape index (κ2) is 8.93. The molecule has 0 fully saturated rings. The van der Waals surface area contributed by atoms with Crippen LogP contribution in [0.1, 0.15) is 25.6 Å². The molecule has 0 unspecified atom stereocenters. The molecule has 0 radical (unpaired) electrons. The Morgan fingerprint density at radius 2 is 1.93 bits per heavy atom. The summed E-state index contributed by atoms with van der Waals surface area (Å²) < 4.78 is 6.69. The number of carbonyl (C=O) groups is 3. The third-order valence-corrected chi connectivity index (χ3v) is 7.37. The molecule has 0 spiro atoms. The van der Waals surface area contributed by atoms with E-state index in [1.165, 1.54) is 35.1 Å². The third kappa shape index (κ3) is 4.60. The van der Waals surface area contributed by atoms with E-state index >= 15 is 0 Å². The Morgan fingerprint density at radius 1 is 1.21 bits per heavy atom. The predicted octanol–water partition coefficient (Wildman–Crippen LogP) is 3.89. The van der Waals surface area contributed by atoms with Crippen LogP contribution in [0.2, 0.25) is 0 Å². The van der Waals surface area contributed by atoms with Crippen LogP contribution in [-0.4, -0.2) is 54.6 Å². The molecule has 0 saturated heterocycles. The van der Waals surface area contributed by atoms with Gasteiger partial charge in [-0.3, -0.25) is 9.59 Å². The molecule has 0 aliphatic heterocycles. The highest BCUT2D eigenvalue weighted by Crippen LogP contribution is 2.35. The van der Waals surface area contributed by atoms with Crippen molar-refractivity contribution in [3.8, 4) is 0 Å². The van der Waals surface area contributed by atoms with Crippen LogP contribution in [0.5, 0.6) is 0 Å². The number of methoxy groups -OCH3 is 1. The van der Waals surface area contributed by atoms with Gasteiger partial charge in [0.05, 0.1) is 33.5 Å². The molecule has 2 heterocycles. The Kier molecular flexibility index (Phi) is 6.56. The van der Waals surface area contributed by atoms with E-state index < -0.39 is 5.97 Å². The number of aromatic nitrogens is 1. The summed E-state index contributed by atoms with van der Waals surface area (Å²) in [5.41, 5.74) is 1.60. The number of hydrogen-bond donors (Lipinski definition) is 1. The number of anilines is 1. The van der Waals surface area contributed by atoms with Crippen LogP contribution in [0.15, 0.2) is 28.6 Å². The highest BCUT2D eigenvalue weighted by Gasteiger charge is 2.27. The fourth-order valence-corrected chi connectivity index (χ4v) is 5.66. The van der Waals surface area contributed by atoms with Gasteiger partial charge in [-0.1, -0.05) is 23.9 Å². The molecule has 7 nitrogen and oxygen atoms in total. The molecule has 1 aromatic carbocycles. The molecule has 0 aliphatic rings. The Labute approximate surface area is 180 Å². The summed E-state index contributed by atoms with van der Waals surface area (Å²) in [6.45, 7) is 1.67. The van der Waals surface area contributed by atoms with E-state index in [-0.39, 0.29) is 23.1 Å². The van der Waals surface area contributed by atoms with Gasteiger partial charge >= 0.3 is 5.97 Å². The first-order valence-corrected chi connectivity index (χ1v) is 11.1. The quantitative estimate of drug-likeness (QED) is 0.454. The maximum Gasteiger partial charge on any atom is 0.341 e. The van der Waals surface area contributed by atoms with Crippen LogP contribution < -0.4 is 5.32 Å². The van der Waals surface area contributed by atoms with E-state index in [9.17, 15) is 14.4 Å². The van der Waals surface area contributed by atoms with Crippen LogP contribution >= 0.6 is 34.4 Å². The number of carbonyl (C=O) groups excluding carboxylic acids is 3. The number of thioether (sulfide) groups is 1.